The smallest absolute Gasteiger partial charge is 0.0196 e. The summed E-state index contributed by atoms with van der Waals surface area (Å²) in [6.45, 7) is 8.44. The highest BCUT2D eigenvalue weighted by atomic mass is 15.1. The van der Waals surface area contributed by atoms with Gasteiger partial charge in [0.05, 0.1) is 0 Å². The molecule has 1 saturated carbocycles. The van der Waals surface area contributed by atoms with Gasteiger partial charge in [-0.1, -0.05) is 46.0 Å². The van der Waals surface area contributed by atoms with Crippen molar-refractivity contribution in [1.29, 1.82) is 0 Å². The lowest BCUT2D eigenvalue weighted by Gasteiger charge is -2.42. The van der Waals surface area contributed by atoms with E-state index in [0.717, 1.165) is 12.5 Å². The van der Waals surface area contributed by atoms with Crippen LogP contribution in [0.5, 0.6) is 0 Å². The molecule has 19 heavy (non-hydrogen) atoms. The molecule has 2 aliphatic rings. The van der Waals surface area contributed by atoms with Crippen molar-refractivity contribution in [2.24, 2.45) is 17.1 Å². The number of rotatable bonds is 5. The zero-order valence-corrected chi connectivity index (χ0v) is 13.2. The third-order valence-electron chi connectivity index (χ3n) is 6.14. The number of hydrogen-bond acceptors (Lipinski definition) is 2. The van der Waals surface area contributed by atoms with E-state index in [-0.39, 0.29) is 0 Å². The Morgan fingerprint density at radius 2 is 1.63 bits per heavy atom. The van der Waals surface area contributed by atoms with Gasteiger partial charge in [0.25, 0.3) is 0 Å². The standard InChI is InChI=1S/C17H34N2/c1-3-17(4-2)10-12-19(13-11-17)14-16(18)15-8-6-5-7-9-15/h15-16H,3-14,18H2,1-2H3. The minimum absolute atomic E-state index is 0.427. The third kappa shape index (κ3) is 3.95. The molecule has 1 aliphatic heterocycles. The molecule has 2 nitrogen and oxygen atoms in total. The number of piperidine rings is 1. The van der Waals surface area contributed by atoms with Crippen molar-refractivity contribution in [3.8, 4) is 0 Å². The van der Waals surface area contributed by atoms with Crippen molar-refractivity contribution in [2.45, 2.75) is 77.7 Å². The topological polar surface area (TPSA) is 29.3 Å². The van der Waals surface area contributed by atoms with Crippen LogP contribution in [0.1, 0.15) is 71.6 Å². The van der Waals surface area contributed by atoms with Crippen LogP contribution in [0, 0.1) is 11.3 Å². The Morgan fingerprint density at radius 1 is 1.05 bits per heavy atom. The normalized spacial score (nSPS) is 27.3. The Hall–Kier alpha value is -0.0800. The SMILES string of the molecule is CCC1(CC)CCN(CC(N)C2CCCCC2)CC1. The minimum atomic E-state index is 0.427. The van der Waals surface area contributed by atoms with E-state index in [1.54, 1.807) is 0 Å². The van der Waals surface area contributed by atoms with Crippen LogP contribution in [0.25, 0.3) is 0 Å². The molecule has 2 N–H and O–H groups in total. The average molecular weight is 266 g/mol. The first-order valence-electron chi connectivity index (χ1n) is 8.67. The lowest BCUT2D eigenvalue weighted by molar-refractivity contribution is 0.0840. The third-order valence-corrected chi connectivity index (χ3v) is 6.14. The average Bonchev–Trinajstić information content (AvgIpc) is 2.49. The predicted molar refractivity (Wildman–Crippen MR) is 83.2 cm³/mol. The molecule has 1 atom stereocenters. The quantitative estimate of drug-likeness (QED) is 0.820. The molecule has 0 bridgehead atoms. The van der Waals surface area contributed by atoms with Gasteiger partial charge in [-0.2, -0.15) is 0 Å². The predicted octanol–water partition coefficient (Wildman–Crippen LogP) is 3.80. The molecule has 1 unspecified atom stereocenters. The van der Waals surface area contributed by atoms with Crippen LogP contribution in [0.2, 0.25) is 0 Å². The Bertz CT molecular complexity index is 244. The highest BCUT2D eigenvalue weighted by Gasteiger charge is 2.32. The van der Waals surface area contributed by atoms with Crippen molar-refractivity contribution in [2.75, 3.05) is 19.6 Å². The van der Waals surface area contributed by atoms with E-state index in [2.05, 4.69) is 18.7 Å². The Balaban J connectivity index is 1.75. The summed E-state index contributed by atoms with van der Waals surface area (Å²) in [7, 11) is 0. The van der Waals surface area contributed by atoms with Crippen molar-refractivity contribution < 1.29 is 0 Å². The highest BCUT2D eigenvalue weighted by Crippen LogP contribution is 2.38. The largest absolute Gasteiger partial charge is 0.326 e. The van der Waals surface area contributed by atoms with Gasteiger partial charge in [0.1, 0.15) is 0 Å². The van der Waals surface area contributed by atoms with Gasteiger partial charge in [0.2, 0.25) is 0 Å². The molecule has 0 aromatic carbocycles. The fourth-order valence-electron chi connectivity index (χ4n) is 4.18. The summed E-state index contributed by atoms with van der Waals surface area (Å²) in [5, 5.41) is 0. The summed E-state index contributed by atoms with van der Waals surface area (Å²) in [6.07, 6.45) is 12.5. The number of nitrogens with zero attached hydrogens (tertiary/aromatic N) is 1. The maximum absolute atomic E-state index is 6.47. The van der Waals surface area contributed by atoms with E-state index in [9.17, 15) is 0 Å². The molecule has 0 radical (unpaired) electrons. The zero-order chi connectivity index (χ0) is 13.7. The van der Waals surface area contributed by atoms with E-state index in [0.29, 0.717) is 11.5 Å². The Morgan fingerprint density at radius 3 is 2.16 bits per heavy atom. The molecule has 1 heterocycles. The van der Waals surface area contributed by atoms with Gasteiger partial charge in [0.15, 0.2) is 0 Å². The molecule has 2 fully saturated rings. The van der Waals surface area contributed by atoms with Crippen molar-refractivity contribution in [3.63, 3.8) is 0 Å². The molecule has 1 saturated heterocycles. The number of likely N-dealkylation sites (tertiary alicyclic amines) is 1. The first kappa shape index (κ1) is 15.3. The van der Waals surface area contributed by atoms with Gasteiger partial charge in [-0.25, -0.2) is 0 Å². The molecular weight excluding hydrogens is 232 g/mol. The molecular formula is C17H34N2. The monoisotopic (exact) mass is 266 g/mol. The highest BCUT2D eigenvalue weighted by molar-refractivity contribution is 4.86. The molecule has 112 valence electrons. The number of hydrogen-bond donors (Lipinski definition) is 1. The fourth-order valence-corrected chi connectivity index (χ4v) is 4.18. The second-order valence-electron chi connectivity index (χ2n) is 7.07. The van der Waals surface area contributed by atoms with Gasteiger partial charge >= 0.3 is 0 Å². The number of nitrogens with two attached hydrogens (primary N) is 1. The summed E-state index contributed by atoms with van der Waals surface area (Å²) in [5.74, 6) is 0.804. The van der Waals surface area contributed by atoms with Crippen LogP contribution in [0.4, 0.5) is 0 Å². The van der Waals surface area contributed by atoms with E-state index < -0.39 is 0 Å². The van der Waals surface area contributed by atoms with Gasteiger partial charge in [-0.3, -0.25) is 0 Å². The molecule has 1 aliphatic carbocycles. The molecule has 0 spiro atoms. The van der Waals surface area contributed by atoms with Gasteiger partial charge in [0, 0.05) is 12.6 Å². The first-order valence-corrected chi connectivity index (χ1v) is 8.67. The molecule has 0 amide bonds. The van der Waals surface area contributed by atoms with Crippen molar-refractivity contribution >= 4 is 0 Å². The van der Waals surface area contributed by atoms with Crippen molar-refractivity contribution in [1.82, 2.24) is 4.90 Å². The molecule has 0 aromatic rings. The first-order chi connectivity index (χ1) is 9.19. The molecule has 2 heteroatoms. The summed E-state index contributed by atoms with van der Waals surface area (Å²) in [4.78, 5) is 2.64. The fraction of sp³-hybridized carbons (Fsp3) is 1.00. The van der Waals surface area contributed by atoms with Crippen LogP contribution < -0.4 is 5.73 Å². The van der Waals surface area contributed by atoms with Crippen LogP contribution >= 0.6 is 0 Å². The maximum Gasteiger partial charge on any atom is 0.0196 e. The molecule has 0 aromatic heterocycles. The van der Waals surface area contributed by atoms with Gasteiger partial charge < -0.3 is 10.6 Å². The molecule has 2 rings (SSSR count). The summed E-state index contributed by atoms with van der Waals surface area (Å²) in [6, 6.07) is 0.427. The van der Waals surface area contributed by atoms with E-state index in [1.165, 1.54) is 70.9 Å². The van der Waals surface area contributed by atoms with Crippen molar-refractivity contribution in [3.05, 3.63) is 0 Å². The lowest BCUT2D eigenvalue weighted by atomic mass is 9.74. The van der Waals surface area contributed by atoms with Gasteiger partial charge in [-0.05, 0) is 50.1 Å². The summed E-state index contributed by atoms with van der Waals surface area (Å²) in [5.41, 5.74) is 7.11. The second kappa shape index (κ2) is 7.08. The van der Waals surface area contributed by atoms with Gasteiger partial charge in [-0.15, -0.1) is 0 Å². The lowest BCUT2D eigenvalue weighted by Crippen LogP contribution is -2.47. The van der Waals surface area contributed by atoms with E-state index in [1.807, 2.05) is 0 Å². The van der Waals surface area contributed by atoms with Crippen LogP contribution in [0.3, 0.4) is 0 Å². The summed E-state index contributed by atoms with van der Waals surface area (Å²) < 4.78 is 0. The van der Waals surface area contributed by atoms with Crippen LogP contribution in [-0.2, 0) is 0 Å². The van der Waals surface area contributed by atoms with E-state index in [4.69, 9.17) is 5.73 Å². The van der Waals surface area contributed by atoms with Crippen LogP contribution in [0.15, 0.2) is 0 Å². The maximum atomic E-state index is 6.47. The van der Waals surface area contributed by atoms with E-state index >= 15 is 0 Å². The minimum Gasteiger partial charge on any atom is -0.326 e. The Kier molecular flexibility index (Phi) is 5.70. The van der Waals surface area contributed by atoms with Crippen LogP contribution in [-0.4, -0.2) is 30.6 Å². The zero-order valence-electron chi connectivity index (χ0n) is 13.2. The second-order valence-corrected chi connectivity index (χ2v) is 7.07. The summed E-state index contributed by atoms with van der Waals surface area (Å²) >= 11 is 0. The Labute approximate surface area is 120 Å².